The van der Waals surface area contributed by atoms with Crippen molar-refractivity contribution in [1.29, 1.82) is 0 Å². The first-order valence-corrected chi connectivity index (χ1v) is 5.49. The smallest absolute Gasteiger partial charge is 0.141 e. The van der Waals surface area contributed by atoms with Crippen molar-refractivity contribution in [2.24, 2.45) is 5.84 Å². The zero-order valence-electron chi connectivity index (χ0n) is 9.44. The number of nitrogens with zero attached hydrogens (tertiary/aromatic N) is 1. The number of hydrogen-bond acceptors (Lipinski definition) is 3. The number of nitrogens with two attached hydrogens (primary N) is 1. The lowest BCUT2D eigenvalue weighted by Crippen LogP contribution is -2.05. The van der Waals surface area contributed by atoms with Crippen molar-refractivity contribution in [3.05, 3.63) is 48.3 Å². The van der Waals surface area contributed by atoms with E-state index in [9.17, 15) is 4.39 Å². The molecule has 0 saturated heterocycles. The van der Waals surface area contributed by atoms with Crippen molar-refractivity contribution < 1.29 is 4.39 Å². The Labute approximate surface area is 103 Å². The molecule has 4 nitrogen and oxygen atoms in total. The van der Waals surface area contributed by atoms with Gasteiger partial charge >= 0.3 is 0 Å². The second-order valence-corrected chi connectivity index (χ2v) is 3.94. The highest BCUT2D eigenvalue weighted by molar-refractivity contribution is 5.82. The number of hydrazine groups is 1. The third kappa shape index (κ3) is 1.70. The molecule has 0 spiro atoms. The van der Waals surface area contributed by atoms with Gasteiger partial charge in [0.05, 0.1) is 22.3 Å². The molecule has 3 aromatic rings. The number of benzene rings is 2. The number of rotatable bonds is 2. The fourth-order valence-electron chi connectivity index (χ4n) is 1.88. The summed E-state index contributed by atoms with van der Waals surface area (Å²) >= 11 is 0. The topological polar surface area (TPSA) is 66.7 Å². The zero-order chi connectivity index (χ0) is 12.5. The van der Waals surface area contributed by atoms with Crippen LogP contribution in [0.5, 0.6) is 0 Å². The van der Waals surface area contributed by atoms with Gasteiger partial charge in [0.15, 0.2) is 0 Å². The van der Waals surface area contributed by atoms with E-state index < -0.39 is 0 Å². The van der Waals surface area contributed by atoms with E-state index in [0.29, 0.717) is 11.4 Å². The minimum absolute atomic E-state index is 0.297. The lowest BCUT2D eigenvalue weighted by Gasteiger charge is -1.97. The molecule has 5 heteroatoms. The summed E-state index contributed by atoms with van der Waals surface area (Å²) in [4.78, 5) is 7.44. The number of nitrogens with one attached hydrogen (secondary N) is 2. The summed E-state index contributed by atoms with van der Waals surface area (Å²) in [7, 11) is 0. The average molecular weight is 242 g/mol. The van der Waals surface area contributed by atoms with Crippen LogP contribution in [0.3, 0.4) is 0 Å². The number of halogens is 1. The van der Waals surface area contributed by atoms with Gasteiger partial charge in [0.2, 0.25) is 0 Å². The molecule has 0 saturated carbocycles. The Morgan fingerprint density at radius 1 is 1.17 bits per heavy atom. The third-order valence-electron chi connectivity index (χ3n) is 2.78. The van der Waals surface area contributed by atoms with E-state index in [1.807, 2.05) is 18.2 Å². The quantitative estimate of drug-likeness (QED) is 0.478. The number of aromatic nitrogens is 2. The predicted molar refractivity (Wildman–Crippen MR) is 69.3 cm³/mol. The number of hydrogen-bond donors (Lipinski definition) is 3. The van der Waals surface area contributed by atoms with Gasteiger partial charge in [-0.1, -0.05) is 12.1 Å². The van der Waals surface area contributed by atoms with E-state index in [-0.39, 0.29) is 5.82 Å². The Kier molecular flexibility index (Phi) is 2.46. The van der Waals surface area contributed by atoms with Gasteiger partial charge in [0.25, 0.3) is 0 Å². The van der Waals surface area contributed by atoms with Crippen LogP contribution >= 0.6 is 0 Å². The van der Waals surface area contributed by atoms with Crippen LogP contribution in [-0.4, -0.2) is 9.97 Å². The van der Waals surface area contributed by atoms with Gasteiger partial charge in [-0.05, 0) is 30.3 Å². The van der Waals surface area contributed by atoms with E-state index in [4.69, 9.17) is 5.84 Å². The first kappa shape index (κ1) is 10.7. The maximum absolute atomic E-state index is 13.7. The van der Waals surface area contributed by atoms with E-state index in [1.165, 1.54) is 6.07 Å². The Morgan fingerprint density at radius 2 is 2.00 bits per heavy atom. The van der Waals surface area contributed by atoms with Crippen LogP contribution in [0, 0.1) is 5.82 Å². The lowest BCUT2D eigenvalue weighted by molar-refractivity contribution is 0.630. The Bertz CT molecular complexity index is 705. The van der Waals surface area contributed by atoms with Crippen LogP contribution < -0.4 is 11.3 Å². The Morgan fingerprint density at radius 3 is 2.78 bits per heavy atom. The normalized spacial score (nSPS) is 10.8. The molecule has 0 unspecified atom stereocenters. The molecule has 0 amide bonds. The number of anilines is 1. The Balaban J connectivity index is 2.17. The van der Waals surface area contributed by atoms with Crippen molar-refractivity contribution in [2.45, 2.75) is 0 Å². The van der Waals surface area contributed by atoms with Gasteiger partial charge < -0.3 is 10.4 Å². The standard InChI is InChI=1S/C13H11FN4/c14-10-4-2-1-3-9(10)13-16-11-6-5-8(18-15)7-12(11)17-13/h1-7,18H,15H2,(H,16,17). The second kappa shape index (κ2) is 4.12. The molecule has 0 radical (unpaired) electrons. The van der Waals surface area contributed by atoms with Crippen molar-refractivity contribution in [2.75, 3.05) is 5.43 Å². The van der Waals surface area contributed by atoms with Crippen LogP contribution in [0.25, 0.3) is 22.4 Å². The van der Waals surface area contributed by atoms with E-state index in [0.717, 1.165) is 16.7 Å². The Hall–Kier alpha value is -2.40. The molecule has 18 heavy (non-hydrogen) atoms. The summed E-state index contributed by atoms with van der Waals surface area (Å²) in [6.07, 6.45) is 0. The molecule has 1 aromatic heterocycles. The molecular weight excluding hydrogens is 231 g/mol. The van der Waals surface area contributed by atoms with Gasteiger partial charge in [0, 0.05) is 0 Å². The summed E-state index contributed by atoms with van der Waals surface area (Å²) in [6.45, 7) is 0. The molecule has 90 valence electrons. The van der Waals surface area contributed by atoms with E-state index in [1.54, 1.807) is 18.2 Å². The van der Waals surface area contributed by atoms with Crippen molar-refractivity contribution in [3.8, 4) is 11.4 Å². The maximum Gasteiger partial charge on any atom is 0.141 e. The van der Waals surface area contributed by atoms with Crippen LogP contribution in [-0.2, 0) is 0 Å². The first-order valence-electron chi connectivity index (χ1n) is 5.49. The van der Waals surface area contributed by atoms with E-state index in [2.05, 4.69) is 15.4 Å². The first-order chi connectivity index (χ1) is 8.78. The number of imidazole rings is 1. The molecular formula is C13H11FN4. The summed E-state index contributed by atoms with van der Waals surface area (Å²) in [6, 6.07) is 12.0. The molecule has 4 N–H and O–H groups in total. The summed E-state index contributed by atoms with van der Waals surface area (Å²) < 4.78 is 13.7. The SMILES string of the molecule is NNc1ccc2nc(-c3ccccc3F)[nH]c2c1. The highest BCUT2D eigenvalue weighted by atomic mass is 19.1. The summed E-state index contributed by atoms with van der Waals surface area (Å²) in [5.41, 5.74) is 5.36. The highest BCUT2D eigenvalue weighted by Crippen LogP contribution is 2.24. The molecule has 0 aliphatic carbocycles. The fraction of sp³-hybridized carbons (Fsp3) is 0. The molecule has 2 aromatic carbocycles. The lowest BCUT2D eigenvalue weighted by atomic mass is 10.2. The van der Waals surface area contributed by atoms with Crippen LogP contribution in [0.2, 0.25) is 0 Å². The predicted octanol–water partition coefficient (Wildman–Crippen LogP) is 2.65. The monoisotopic (exact) mass is 242 g/mol. The average Bonchev–Trinajstić information content (AvgIpc) is 2.81. The fourth-order valence-corrected chi connectivity index (χ4v) is 1.88. The third-order valence-corrected chi connectivity index (χ3v) is 2.78. The van der Waals surface area contributed by atoms with Gasteiger partial charge in [-0.15, -0.1) is 0 Å². The molecule has 0 atom stereocenters. The minimum atomic E-state index is -0.297. The molecule has 0 bridgehead atoms. The number of aromatic amines is 1. The molecule has 3 rings (SSSR count). The van der Waals surface area contributed by atoms with E-state index >= 15 is 0 Å². The minimum Gasteiger partial charge on any atom is -0.338 e. The van der Waals surface area contributed by atoms with Crippen molar-refractivity contribution in [1.82, 2.24) is 9.97 Å². The highest BCUT2D eigenvalue weighted by Gasteiger charge is 2.09. The van der Waals surface area contributed by atoms with Crippen molar-refractivity contribution >= 4 is 16.7 Å². The maximum atomic E-state index is 13.7. The van der Waals surface area contributed by atoms with Gasteiger partial charge in [0.1, 0.15) is 11.6 Å². The summed E-state index contributed by atoms with van der Waals surface area (Å²) in [5, 5.41) is 0. The summed E-state index contributed by atoms with van der Waals surface area (Å²) in [5.74, 6) is 5.55. The number of H-pyrrole nitrogens is 1. The molecule has 0 fully saturated rings. The van der Waals surface area contributed by atoms with Crippen LogP contribution in [0.1, 0.15) is 0 Å². The largest absolute Gasteiger partial charge is 0.338 e. The van der Waals surface area contributed by atoms with Gasteiger partial charge in [-0.25, -0.2) is 9.37 Å². The van der Waals surface area contributed by atoms with Crippen LogP contribution in [0.4, 0.5) is 10.1 Å². The van der Waals surface area contributed by atoms with Gasteiger partial charge in [-0.2, -0.15) is 0 Å². The molecule has 0 aliphatic rings. The molecule has 0 aliphatic heterocycles. The number of fused-ring (bicyclic) bond motifs is 1. The zero-order valence-corrected chi connectivity index (χ0v) is 9.44. The second-order valence-electron chi connectivity index (χ2n) is 3.94. The number of nitrogen functional groups attached to an aromatic ring is 1. The van der Waals surface area contributed by atoms with Gasteiger partial charge in [-0.3, -0.25) is 5.84 Å². The van der Waals surface area contributed by atoms with Crippen molar-refractivity contribution in [3.63, 3.8) is 0 Å². The molecule has 1 heterocycles. The van der Waals surface area contributed by atoms with Crippen LogP contribution in [0.15, 0.2) is 42.5 Å².